The van der Waals surface area contributed by atoms with Gasteiger partial charge < -0.3 is 19.3 Å². The fourth-order valence-electron chi connectivity index (χ4n) is 21.6. The maximum atomic E-state index is 12.3. The van der Waals surface area contributed by atoms with Gasteiger partial charge in [-0.15, -0.1) is 0 Å². The number of rotatable bonds is 24. The van der Waals surface area contributed by atoms with E-state index in [9.17, 15) is 14.7 Å². The van der Waals surface area contributed by atoms with Crippen LogP contribution in [0, 0.1) is 50.4 Å². The Morgan fingerprint density at radius 1 is 0.371 bits per heavy atom. The number of Topliss-reactive ketones (excluding diaryl/α,β-unsaturated/α-hetero) is 2. The molecule has 7 heterocycles. The number of carbonyl (C=O) groups is 2. The zero-order valence-electron chi connectivity index (χ0n) is 81.1. The third-order valence-corrected chi connectivity index (χ3v) is 47.4. The summed E-state index contributed by atoms with van der Waals surface area (Å²) in [5.74, 6) is 25.8. The molecule has 7 aliphatic heterocycles. The van der Waals surface area contributed by atoms with E-state index >= 15 is 0 Å². The van der Waals surface area contributed by atoms with E-state index in [2.05, 4.69) is 231 Å². The molecular weight excluding hydrogens is 1750 g/mol. The van der Waals surface area contributed by atoms with Crippen molar-refractivity contribution in [2.24, 2.45) is 29.6 Å². The summed E-state index contributed by atoms with van der Waals surface area (Å²) in [5, 5.41) is 25.8. The van der Waals surface area contributed by atoms with Crippen molar-refractivity contribution in [3.05, 3.63) is 258 Å². The molecule has 6 nitrogen and oxygen atoms in total. The number of aromatic hydroxyl groups is 1. The average Bonchev–Trinajstić information content (AvgIpc) is 1.59. The van der Waals surface area contributed by atoms with E-state index < -0.39 is 0 Å². The van der Waals surface area contributed by atoms with Crippen molar-refractivity contribution < 1.29 is 28.9 Å². The summed E-state index contributed by atoms with van der Waals surface area (Å²) < 4.78 is 18.1. The van der Waals surface area contributed by atoms with Gasteiger partial charge >= 0.3 is 0 Å². The van der Waals surface area contributed by atoms with Gasteiger partial charge in [0.25, 0.3) is 0 Å². The predicted molar refractivity (Wildman–Crippen MR) is 585 cm³/mol. The number of carbonyl (C=O) groups excluding carboxylic acids is 2. The lowest BCUT2D eigenvalue weighted by molar-refractivity contribution is 0.101. The highest BCUT2D eigenvalue weighted by Crippen LogP contribution is 2.58. The Morgan fingerprint density at radius 2 is 0.765 bits per heavy atom. The maximum absolute atomic E-state index is 12.3. The molecule has 13 heteroatoms. The van der Waals surface area contributed by atoms with E-state index in [1.54, 1.807) is 26.0 Å². The van der Waals surface area contributed by atoms with Gasteiger partial charge in [-0.25, -0.2) is 0 Å². The zero-order valence-corrected chi connectivity index (χ0v) is 86.8. The highest BCUT2D eigenvalue weighted by atomic mass is 32.2. The van der Waals surface area contributed by atoms with Crippen LogP contribution in [0.25, 0.3) is 53.9 Å². The molecule has 8 atom stereocenters. The molecule has 2 saturated carbocycles. The minimum Gasteiger partial charge on any atom is -0.507 e. The monoisotopic (exact) mass is 1900 g/mol. The molecule has 2 bridgehead atoms. The van der Waals surface area contributed by atoms with Gasteiger partial charge in [0.15, 0.2) is 36.0 Å². The summed E-state index contributed by atoms with van der Waals surface area (Å²) in [7, 11) is 2.97. The summed E-state index contributed by atoms with van der Waals surface area (Å²) in [6, 6.07) is 82.1. The topological polar surface area (TPSA) is 82.1 Å². The van der Waals surface area contributed by atoms with E-state index in [-0.39, 0.29) is 0 Å². The Hall–Kier alpha value is -7.07. The first-order chi connectivity index (χ1) is 64.5. The number of hydrogen-bond donors (Lipinski definition) is 1. The van der Waals surface area contributed by atoms with Crippen molar-refractivity contribution in [3.63, 3.8) is 0 Å². The van der Waals surface area contributed by atoms with Crippen LogP contribution >= 0.6 is 0 Å². The van der Waals surface area contributed by atoms with Gasteiger partial charge in [0.2, 0.25) is 11.6 Å². The highest BCUT2D eigenvalue weighted by molar-refractivity contribution is 7.99. The van der Waals surface area contributed by atoms with Gasteiger partial charge in [0.1, 0.15) is 102 Å². The molecular formula is C119H151O6S7+7. The SMILES string of the molecule is CCCCOc1ccc([S+]2CC3C4CCC(C4)C3C2)c2ccccc12.CCCCOc1ccc([S+]2CCCC2)c2ccccc12.CCCCOc1ccc([S+]2CCCC2C(C)C)c2ccccc12.Cc1cc([S+]2C(C)CCC2C)cc(C)c1O.Cc1ccc([S+]2CCCC2)c2ccccc12.O=C(C[S+]1CCCC1)c1ccc2ccccc2c1.O=C(C[S+]1CCCC1)c1ccccc1. The van der Waals surface area contributed by atoms with Crippen molar-refractivity contribution in [1.82, 2.24) is 0 Å². The summed E-state index contributed by atoms with van der Waals surface area (Å²) in [4.78, 5) is 31.9. The molecule has 0 spiro atoms. The minimum atomic E-state index is 0.325. The Morgan fingerprint density at radius 3 is 1.23 bits per heavy atom. The van der Waals surface area contributed by atoms with Crippen LogP contribution in [0.1, 0.15) is 221 Å². The summed E-state index contributed by atoms with van der Waals surface area (Å²) in [6.07, 6.45) is 27.9. The first-order valence-electron chi connectivity index (χ1n) is 50.6. The lowest BCUT2D eigenvalue weighted by atomic mass is 9.82. The fraction of sp³-hybridized carbons (Fsp3) is 0.462. The van der Waals surface area contributed by atoms with E-state index in [4.69, 9.17) is 14.2 Å². The first kappa shape index (κ1) is 99.4. The number of aryl methyl sites for hydroxylation is 3. The third-order valence-electron chi connectivity index (χ3n) is 28.9. The van der Waals surface area contributed by atoms with Crippen LogP contribution in [-0.2, 0) is 76.3 Å². The molecule has 9 fully saturated rings. The molecule has 12 aromatic rings. The number of benzene rings is 12. The Balaban J connectivity index is 0.000000119. The first-order valence-corrected chi connectivity index (χ1v) is 61.5. The van der Waals surface area contributed by atoms with Crippen LogP contribution in [-0.4, -0.2) is 127 Å². The van der Waals surface area contributed by atoms with Crippen molar-refractivity contribution in [2.75, 3.05) is 94.6 Å². The van der Waals surface area contributed by atoms with E-state index in [0.717, 1.165) is 141 Å². The summed E-state index contributed by atoms with van der Waals surface area (Å²) >= 11 is 0. The van der Waals surface area contributed by atoms with E-state index in [1.165, 1.54) is 231 Å². The predicted octanol–water partition coefficient (Wildman–Crippen LogP) is 29.5. The average molecular weight is 1900 g/mol. The van der Waals surface area contributed by atoms with Gasteiger partial charge in [-0.05, 0) is 295 Å². The van der Waals surface area contributed by atoms with Crippen LogP contribution in [0.5, 0.6) is 23.0 Å². The minimum absolute atomic E-state index is 0.325. The fourth-order valence-corrected chi connectivity index (χ4v) is 40.5. The number of unbranched alkanes of at least 4 members (excludes halogenated alkanes) is 3. The van der Waals surface area contributed by atoms with Crippen LogP contribution in [0.3, 0.4) is 0 Å². The number of ether oxygens (including phenoxy) is 3. The Kier molecular flexibility index (Phi) is 37.5. The summed E-state index contributed by atoms with van der Waals surface area (Å²) in [5.41, 5.74) is 5.21. The number of phenolic OH excluding ortho intramolecular Hbond substituents is 1. The molecule has 7 saturated heterocycles. The second-order valence-electron chi connectivity index (χ2n) is 38.6. The van der Waals surface area contributed by atoms with Crippen LogP contribution < -0.4 is 14.2 Å². The molecule has 9 aliphatic rings. The third kappa shape index (κ3) is 25.5. The molecule has 2 aliphatic carbocycles. The van der Waals surface area contributed by atoms with Gasteiger partial charge in [-0.1, -0.05) is 199 Å². The molecule has 132 heavy (non-hydrogen) atoms. The van der Waals surface area contributed by atoms with E-state index in [0.29, 0.717) is 93.6 Å². The van der Waals surface area contributed by atoms with Gasteiger partial charge in [0, 0.05) is 127 Å². The Bertz CT molecular complexity index is 5660. The zero-order chi connectivity index (χ0) is 91.8. The number of phenols is 1. The highest BCUT2D eigenvalue weighted by Gasteiger charge is 2.57. The van der Waals surface area contributed by atoms with Crippen molar-refractivity contribution in [2.45, 2.75) is 244 Å². The van der Waals surface area contributed by atoms with Crippen molar-refractivity contribution >= 4 is 142 Å². The second kappa shape index (κ2) is 49.8. The largest absolute Gasteiger partial charge is 0.507 e. The van der Waals surface area contributed by atoms with Crippen LogP contribution in [0.15, 0.2) is 255 Å². The quantitative estimate of drug-likeness (QED) is 0.0369. The molecule has 0 amide bonds. The van der Waals surface area contributed by atoms with Gasteiger partial charge in [0.05, 0.1) is 19.8 Å². The number of hydrogen-bond acceptors (Lipinski definition) is 6. The van der Waals surface area contributed by atoms with E-state index in [1.807, 2.05) is 68.4 Å². The molecule has 698 valence electrons. The standard InChI is InChI=1S/C23H29OS.C21H29OS.C18H23OS.C16H17OS.C15H17S.C14H20OS.C12H15OS/c1-2-3-12-24-22-10-11-23(19-7-5-4-6-18(19)22)25-14-20-16-8-9-17(13-16)21(20)15-25;1-4-5-14-22-19-12-13-21(18-10-7-6-9-17(18)19)23-15-8-11-20(23)16(2)3;1-2-3-12-19-17-10-11-18(20-13-6-7-14-20)16-9-5-4-8-15(16)17;17-16(12-18-9-3-4-10-18)15-8-7-13-5-1-2-6-14(13)11-15;1-12-8-9-15(16-10-4-5-11-16)14-7-3-2-6-13(12)14;1-9-7-13(8-10(2)14(9)15)16-11(3)5-6-12(16)4;13-12(10-14-8-4-5-9-14)11-6-2-1-3-7-11/h4-7,10-11,16-17,20-21H,2-3,8-9,12-15H2,1H3;6-7,9-10,12-13,16,20H,4-5,8,11,14-15H2,1-3H3;4-5,8-11H,2-3,6-7,12-14H2,1H3;1-2,5-8,11H,3-4,9-10,12H2;2-3,6-9H,4-5,10-11H2,1H3;7-8,11-12H,5-6H2,1-4H3;1-3,6-7H,4-5,8-10H2/q5*+1;;+1/p+1. The van der Waals surface area contributed by atoms with Crippen LogP contribution in [0.2, 0.25) is 0 Å². The lowest BCUT2D eigenvalue weighted by Crippen LogP contribution is -2.23. The normalized spacial score (nSPS) is 22.1. The maximum Gasteiger partial charge on any atom is 0.211 e. The second-order valence-corrected chi connectivity index (χ2v) is 55.0. The number of ketones is 2. The molecule has 0 radical (unpaired) electrons. The molecule has 0 aromatic heterocycles. The van der Waals surface area contributed by atoms with Gasteiger partial charge in [-0.3, -0.25) is 9.59 Å². The lowest BCUT2D eigenvalue weighted by Gasteiger charge is -2.19. The van der Waals surface area contributed by atoms with Crippen LogP contribution in [0.4, 0.5) is 0 Å². The molecule has 8 unspecified atom stereocenters. The van der Waals surface area contributed by atoms with Gasteiger partial charge in [-0.2, -0.15) is 0 Å². The van der Waals surface area contributed by atoms with Crippen molar-refractivity contribution in [1.29, 1.82) is 0 Å². The Labute approximate surface area is 813 Å². The summed E-state index contributed by atoms with van der Waals surface area (Å²) in [6.45, 7) is 24.8. The molecule has 1 N–H and O–H groups in total. The smallest absolute Gasteiger partial charge is 0.211 e. The molecule has 12 aromatic carbocycles. The van der Waals surface area contributed by atoms with Crippen molar-refractivity contribution in [3.8, 4) is 23.0 Å². The molecule has 21 rings (SSSR count). The number of fused-ring (bicyclic) bond motifs is 10.